The van der Waals surface area contributed by atoms with Crippen molar-refractivity contribution in [2.45, 2.75) is 19.4 Å². The predicted molar refractivity (Wildman–Crippen MR) is 48.3 cm³/mol. The number of aliphatic hydroxyl groups is 2. The maximum Gasteiger partial charge on any atom is 0.309 e. The Balaban J connectivity index is 2.21. The van der Waals surface area contributed by atoms with E-state index in [9.17, 15) is 9.90 Å². The molecule has 2 N–H and O–H groups in total. The first-order chi connectivity index (χ1) is 6.65. The summed E-state index contributed by atoms with van der Waals surface area (Å²) in [6.45, 7) is 2.34. The molecule has 2 rings (SSSR count). The van der Waals surface area contributed by atoms with Gasteiger partial charge in [0, 0.05) is 12.5 Å². The summed E-state index contributed by atoms with van der Waals surface area (Å²) in [5.74, 6) is -0.384. The lowest BCUT2D eigenvalue weighted by Gasteiger charge is -2.31. The minimum Gasteiger partial charge on any atom is -0.465 e. The molecule has 14 heavy (non-hydrogen) atoms. The Morgan fingerprint density at radius 3 is 2.93 bits per heavy atom. The molecule has 1 saturated carbocycles. The van der Waals surface area contributed by atoms with Crippen molar-refractivity contribution in [2.24, 2.45) is 23.7 Å². The van der Waals surface area contributed by atoms with E-state index in [0.29, 0.717) is 18.9 Å². The van der Waals surface area contributed by atoms with Gasteiger partial charge in [0.05, 0.1) is 18.6 Å². The molecule has 1 heterocycles. The van der Waals surface area contributed by atoms with E-state index < -0.39 is 6.10 Å². The lowest BCUT2D eigenvalue weighted by atomic mass is 9.80. The number of aliphatic hydroxyl groups excluding tert-OH is 2. The molecule has 5 unspecified atom stereocenters. The van der Waals surface area contributed by atoms with E-state index in [0.717, 1.165) is 0 Å². The average Bonchev–Trinajstić information content (AvgIpc) is 2.50. The van der Waals surface area contributed by atoms with Crippen LogP contribution in [-0.2, 0) is 9.53 Å². The number of cyclic esters (lactones) is 1. The molecule has 5 atom stereocenters. The molecule has 0 radical (unpaired) electrons. The maximum absolute atomic E-state index is 11.5. The van der Waals surface area contributed by atoms with Gasteiger partial charge < -0.3 is 14.9 Å². The Morgan fingerprint density at radius 1 is 1.57 bits per heavy atom. The van der Waals surface area contributed by atoms with Gasteiger partial charge in [-0.1, -0.05) is 6.92 Å². The molecule has 80 valence electrons. The highest BCUT2D eigenvalue weighted by atomic mass is 16.5. The summed E-state index contributed by atoms with van der Waals surface area (Å²) >= 11 is 0. The number of rotatable bonds is 1. The summed E-state index contributed by atoms with van der Waals surface area (Å²) in [4.78, 5) is 11.5. The van der Waals surface area contributed by atoms with Gasteiger partial charge in [0.25, 0.3) is 0 Å². The van der Waals surface area contributed by atoms with Crippen LogP contribution in [0.5, 0.6) is 0 Å². The van der Waals surface area contributed by atoms with Gasteiger partial charge in [-0.3, -0.25) is 4.79 Å². The molecule has 0 aromatic heterocycles. The second kappa shape index (κ2) is 3.51. The zero-order valence-electron chi connectivity index (χ0n) is 8.22. The number of hydrogen-bond acceptors (Lipinski definition) is 4. The number of hydrogen-bond donors (Lipinski definition) is 2. The molecule has 4 heteroatoms. The van der Waals surface area contributed by atoms with Crippen LogP contribution in [0.2, 0.25) is 0 Å². The monoisotopic (exact) mass is 200 g/mol. The van der Waals surface area contributed by atoms with Gasteiger partial charge in [-0.2, -0.15) is 0 Å². The molecule has 1 aliphatic carbocycles. The number of carbonyl (C=O) groups is 1. The van der Waals surface area contributed by atoms with Crippen molar-refractivity contribution in [3.8, 4) is 0 Å². The maximum atomic E-state index is 11.5. The van der Waals surface area contributed by atoms with E-state index in [4.69, 9.17) is 9.84 Å². The molecule has 1 aliphatic heterocycles. The second-order valence-corrected chi connectivity index (χ2v) is 4.45. The molecule has 0 bridgehead atoms. The third kappa shape index (κ3) is 1.33. The normalized spacial score (nSPS) is 47.4. The first-order valence-electron chi connectivity index (χ1n) is 5.10. The van der Waals surface area contributed by atoms with Crippen LogP contribution in [0, 0.1) is 23.7 Å². The Bertz CT molecular complexity index is 240. The zero-order valence-corrected chi connectivity index (χ0v) is 8.22. The number of esters is 1. The number of carbonyl (C=O) groups excluding carboxylic acids is 1. The Kier molecular flexibility index (Phi) is 2.49. The van der Waals surface area contributed by atoms with Crippen LogP contribution >= 0.6 is 0 Å². The summed E-state index contributed by atoms with van der Waals surface area (Å²) < 4.78 is 5.02. The SMILES string of the molecule is CC1COC(=O)C2C1CC(O)C2CO. The van der Waals surface area contributed by atoms with Crippen LogP contribution in [0.4, 0.5) is 0 Å². The molecule has 0 aromatic rings. The molecule has 2 aliphatic rings. The third-order valence-corrected chi connectivity index (χ3v) is 3.63. The summed E-state index contributed by atoms with van der Waals surface area (Å²) in [6, 6.07) is 0. The van der Waals surface area contributed by atoms with Crippen molar-refractivity contribution >= 4 is 5.97 Å². The smallest absolute Gasteiger partial charge is 0.309 e. The van der Waals surface area contributed by atoms with Crippen LogP contribution in [0.15, 0.2) is 0 Å². The van der Waals surface area contributed by atoms with Crippen LogP contribution in [-0.4, -0.2) is 35.5 Å². The zero-order chi connectivity index (χ0) is 10.3. The molecule has 0 spiro atoms. The predicted octanol–water partition coefficient (Wildman–Crippen LogP) is -0.215. The fraction of sp³-hybridized carbons (Fsp3) is 0.900. The Labute approximate surface area is 82.9 Å². The highest BCUT2D eigenvalue weighted by molar-refractivity contribution is 5.74. The first-order valence-corrected chi connectivity index (χ1v) is 5.10. The van der Waals surface area contributed by atoms with E-state index in [1.54, 1.807) is 0 Å². The molecule has 2 fully saturated rings. The van der Waals surface area contributed by atoms with Crippen LogP contribution in [0.25, 0.3) is 0 Å². The summed E-state index contributed by atoms with van der Waals surface area (Å²) in [7, 11) is 0. The van der Waals surface area contributed by atoms with Crippen LogP contribution in [0.3, 0.4) is 0 Å². The minimum atomic E-state index is -0.553. The van der Waals surface area contributed by atoms with Crippen LogP contribution in [0.1, 0.15) is 13.3 Å². The Hall–Kier alpha value is -0.610. The first kappa shape index (κ1) is 9.93. The topological polar surface area (TPSA) is 66.8 Å². The summed E-state index contributed by atoms with van der Waals surface area (Å²) in [5, 5.41) is 18.8. The second-order valence-electron chi connectivity index (χ2n) is 4.45. The minimum absolute atomic E-state index is 0.135. The quantitative estimate of drug-likeness (QED) is 0.574. The van der Waals surface area contributed by atoms with Gasteiger partial charge in [-0.25, -0.2) is 0 Å². The molecule has 1 saturated heterocycles. The van der Waals surface area contributed by atoms with Crippen molar-refractivity contribution in [2.75, 3.05) is 13.2 Å². The molecule has 0 aromatic carbocycles. The van der Waals surface area contributed by atoms with E-state index in [2.05, 4.69) is 0 Å². The molecular weight excluding hydrogens is 184 g/mol. The van der Waals surface area contributed by atoms with Gasteiger partial charge >= 0.3 is 5.97 Å². The molecule has 0 amide bonds. The average molecular weight is 200 g/mol. The van der Waals surface area contributed by atoms with E-state index in [1.165, 1.54) is 0 Å². The van der Waals surface area contributed by atoms with Crippen molar-refractivity contribution in [1.29, 1.82) is 0 Å². The van der Waals surface area contributed by atoms with Gasteiger partial charge in [-0.05, 0) is 18.3 Å². The number of ether oxygens (including phenoxy) is 1. The van der Waals surface area contributed by atoms with Gasteiger partial charge in [0.2, 0.25) is 0 Å². The molecular formula is C10H16O4. The largest absolute Gasteiger partial charge is 0.465 e. The molecule has 4 nitrogen and oxygen atoms in total. The van der Waals surface area contributed by atoms with Gasteiger partial charge in [0.15, 0.2) is 0 Å². The number of fused-ring (bicyclic) bond motifs is 1. The third-order valence-electron chi connectivity index (χ3n) is 3.63. The van der Waals surface area contributed by atoms with Crippen molar-refractivity contribution in [3.05, 3.63) is 0 Å². The Morgan fingerprint density at radius 2 is 2.29 bits per heavy atom. The fourth-order valence-electron chi connectivity index (χ4n) is 2.76. The van der Waals surface area contributed by atoms with E-state index in [-0.39, 0.29) is 30.3 Å². The summed E-state index contributed by atoms with van der Waals surface area (Å²) in [6.07, 6.45) is 0.0645. The fourth-order valence-corrected chi connectivity index (χ4v) is 2.76. The van der Waals surface area contributed by atoms with Gasteiger partial charge in [0.1, 0.15) is 0 Å². The van der Waals surface area contributed by atoms with Crippen LogP contribution < -0.4 is 0 Å². The lowest BCUT2D eigenvalue weighted by molar-refractivity contribution is -0.162. The van der Waals surface area contributed by atoms with Crippen molar-refractivity contribution in [1.82, 2.24) is 0 Å². The highest BCUT2D eigenvalue weighted by Gasteiger charge is 2.51. The van der Waals surface area contributed by atoms with E-state index >= 15 is 0 Å². The van der Waals surface area contributed by atoms with Gasteiger partial charge in [-0.15, -0.1) is 0 Å². The van der Waals surface area contributed by atoms with E-state index in [1.807, 2.05) is 6.92 Å². The standard InChI is InChI=1S/C10H16O4/c1-5-4-14-10(13)9-6(5)2-8(12)7(9)3-11/h5-9,11-12H,2-4H2,1H3. The highest BCUT2D eigenvalue weighted by Crippen LogP contribution is 2.44. The summed E-state index contributed by atoms with van der Waals surface area (Å²) in [5.41, 5.74) is 0. The van der Waals surface area contributed by atoms with Crippen molar-refractivity contribution in [3.63, 3.8) is 0 Å². The lowest BCUT2D eigenvalue weighted by Crippen LogP contribution is -2.39. The van der Waals surface area contributed by atoms with Crippen molar-refractivity contribution < 1.29 is 19.7 Å².